The van der Waals surface area contributed by atoms with Crippen molar-refractivity contribution in [3.63, 3.8) is 0 Å². The van der Waals surface area contributed by atoms with Crippen LogP contribution in [0.5, 0.6) is 5.75 Å². The van der Waals surface area contributed by atoms with Gasteiger partial charge in [-0.15, -0.1) is 0 Å². The monoisotopic (exact) mass is 394 g/mol. The highest BCUT2D eigenvalue weighted by atomic mass is 79.9. The Hall–Kier alpha value is -0.100. The first-order valence-electron chi connectivity index (χ1n) is 6.34. The molecule has 0 unspecified atom stereocenters. The minimum absolute atomic E-state index is 0.00972. The predicted octanol–water partition coefficient (Wildman–Crippen LogP) is 4.15. The van der Waals surface area contributed by atoms with Gasteiger partial charge in [-0.2, -0.15) is 0 Å². The molecule has 0 radical (unpaired) electrons. The molecule has 0 aliphatic rings. The molecule has 5 heteroatoms. The summed E-state index contributed by atoms with van der Waals surface area (Å²) >= 11 is 6.87. The molecule has 0 atom stereocenters. The molecular weight excluding hydrogens is 376 g/mol. The van der Waals surface area contributed by atoms with Gasteiger partial charge in [0.15, 0.2) is 0 Å². The Kier molecular flexibility index (Phi) is 7.99. The summed E-state index contributed by atoms with van der Waals surface area (Å²) in [4.78, 5) is 0. The molecule has 0 aliphatic heterocycles. The second-order valence-electron chi connectivity index (χ2n) is 4.69. The SMILES string of the molecule is CC(C)CCOCCOc1c(Br)cc(CO)cc1Br. The van der Waals surface area contributed by atoms with Crippen molar-refractivity contribution < 1.29 is 14.6 Å². The van der Waals surface area contributed by atoms with Crippen LogP contribution in [0.15, 0.2) is 21.1 Å². The molecule has 1 aromatic rings. The quantitative estimate of drug-likeness (QED) is 0.672. The maximum Gasteiger partial charge on any atom is 0.147 e. The number of halogens is 2. The molecule has 19 heavy (non-hydrogen) atoms. The van der Waals surface area contributed by atoms with Crippen molar-refractivity contribution in [2.24, 2.45) is 5.92 Å². The second kappa shape index (κ2) is 8.95. The Bertz CT molecular complexity index is 371. The zero-order chi connectivity index (χ0) is 14.3. The van der Waals surface area contributed by atoms with Crippen molar-refractivity contribution in [1.82, 2.24) is 0 Å². The number of rotatable bonds is 8. The fourth-order valence-corrected chi connectivity index (χ4v) is 2.98. The molecule has 1 rings (SSSR count). The molecule has 108 valence electrons. The number of hydrogen-bond donors (Lipinski definition) is 1. The van der Waals surface area contributed by atoms with E-state index in [1.807, 2.05) is 12.1 Å². The van der Waals surface area contributed by atoms with Crippen LogP contribution in [0.4, 0.5) is 0 Å². The molecule has 0 aromatic heterocycles. The van der Waals surface area contributed by atoms with E-state index in [1.54, 1.807) is 0 Å². The average Bonchev–Trinajstić information content (AvgIpc) is 2.35. The first-order valence-corrected chi connectivity index (χ1v) is 7.92. The van der Waals surface area contributed by atoms with Gasteiger partial charge in [-0.05, 0) is 61.9 Å². The zero-order valence-electron chi connectivity index (χ0n) is 11.3. The molecule has 0 aliphatic carbocycles. The topological polar surface area (TPSA) is 38.7 Å². The highest BCUT2D eigenvalue weighted by Gasteiger charge is 2.08. The summed E-state index contributed by atoms with van der Waals surface area (Å²) in [6.07, 6.45) is 1.07. The van der Waals surface area contributed by atoms with Gasteiger partial charge in [-0.3, -0.25) is 0 Å². The number of ether oxygens (including phenoxy) is 2. The minimum atomic E-state index is 0.00972. The lowest BCUT2D eigenvalue weighted by Crippen LogP contribution is -2.09. The summed E-state index contributed by atoms with van der Waals surface area (Å²) < 4.78 is 12.8. The number of benzene rings is 1. The fourth-order valence-electron chi connectivity index (χ4n) is 1.47. The molecule has 0 saturated heterocycles. The largest absolute Gasteiger partial charge is 0.489 e. The molecule has 1 aromatic carbocycles. The summed E-state index contributed by atoms with van der Waals surface area (Å²) in [6.45, 7) is 6.22. The molecule has 0 amide bonds. The van der Waals surface area contributed by atoms with E-state index < -0.39 is 0 Å². The van der Waals surface area contributed by atoms with Gasteiger partial charge in [0, 0.05) is 6.61 Å². The van der Waals surface area contributed by atoms with E-state index in [4.69, 9.17) is 14.6 Å². The Morgan fingerprint density at radius 1 is 1.11 bits per heavy atom. The van der Waals surface area contributed by atoms with Crippen LogP contribution >= 0.6 is 31.9 Å². The van der Waals surface area contributed by atoms with Gasteiger partial charge in [0.25, 0.3) is 0 Å². The third-order valence-electron chi connectivity index (χ3n) is 2.55. The van der Waals surface area contributed by atoms with Crippen LogP contribution in [0, 0.1) is 5.92 Å². The van der Waals surface area contributed by atoms with Gasteiger partial charge in [-0.1, -0.05) is 13.8 Å². The summed E-state index contributed by atoms with van der Waals surface area (Å²) in [6, 6.07) is 3.69. The van der Waals surface area contributed by atoms with Gasteiger partial charge in [0.1, 0.15) is 12.4 Å². The number of hydrogen-bond acceptors (Lipinski definition) is 3. The molecule has 0 bridgehead atoms. The maximum atomic E-state index is 9.09. The van der Waals surface area contributed by atoms with Crippen molar-refractivity contribution >= 4 is 31.9 Å². The van der Waals surface area contributed by atoms with Crippen LogP contribution in [-0.2, 0) is 11.3 Å². The van der Waals surface area contributed by atoms with Crippen LogP contribution in [0.25, 0.3) is 0 Å². The predicted molar refractivity (Wildman–Crippen MR) is 83.5 cm³/mol. The van der Waals surface area contributed by atoms with Crippen LogP contribution in [0.1, 0.15) is 25.8 Å². The minimum Gasteiger partial charge on any atom is -0.489 e. The van der Waals surface area contributed by atoms with Crippen molar-refractivity contribution in [2.75, 3.05) is 19.8 Å². The first-order chi connectivity index (χ1) is 9.04. The molecule has 1 N–H and O–H groups in total. The third kappa shape index (κ3) is 6.25. The van der Waals surface area contributed by atoms with Crippen molar-refractivity contribution in [3.8, 4) is 5.75 Å². The zero-order valence-corrected chi connectivity index (χ0v) is 14.5. The normalized spacial score (nSPS) is 11.1. The smallest absolute Gasteiger partial charge is 0.147 e. The van der Waals surface area contributed by atoms with E-state index in [0.717, 1.165) is 33.3 Å². The summed E-state index contributed by atoms with van der Waals surface area (Å²) in [5, 5.41) is 9.09. The van der Waals surface area contributed by atoms with Crippen LogP contribution in [0.3, 0.4) is 0 Å². The lowest BCUT2D eigenvalue weighted by molar-refractivity contribution is 0.0921. The van der Waals surface area contributed by atoms with Gasteiger partial charge < -0.3 is 14.6 Å². The number of aliphatic hydroxyl groups is 1. The Balaban J connectivity index is 2.37. The van der Waals surface area contributed by atoms with Gasteiger partial charge in [0.2, 0.25) is 0 Å². The van der Waals surface area contributed by atoms with Gasteiger partial charge >= 0.3 is 0 Å². The molecule has 0 heterocycles. The van der Waals surface area contributed by atoms with Crippen molar-refractivity contribution in [1.29, 1.82) is 0 Å². The lowest BCUT2D eigenvalue weighted by atomic mass is 10.1. The van der Waals surface area contributed by atoms with Crippen LogP contribution in [0.2, 0.25) is 0 Å². The molecule has 0 spiro atoms. The second-order valence-corrected chi connectivity index (χ2v) is 6.40. The number of aliphatic hydroxyl groups excluding tert-OH is 1. The van der Waals surface area contributed by atoms with E-state index in [0.29, 0.717) is 19.1 Å². The van der Waals surface area contributed by atoms with Crippen LogP contribution in [-0.4, -0.2) is 24.9 Å². The van der Waals surface area contributed by atoms with E-state index >= 15 is 0 Å². The first kappa shape index (κ1) is 17.0. The van der Waals surface area contributed by atoms with E-state index in [2.05, 4.69) is 45.7 Å². The Labute approximate surface area is 131 Å². The lowest BCUT2D eigenvalue weighted by Gasteiger charge is -2.12. The van der Waals surface area contributed by atoms with Crippen molar-refractivity contribution in [2.45, 2.75) is 26.9 Å². The fraction of sp³-hybridized carbons (Fsp3) is 0.571. The van der Waals surface area contributed by atoms with E-state index in [-0.39, 0.29) is 6.61 Å². The maximum absolute atomic E-state index is 9.09. The summed E-state index contributed by atoms with van der Waals surface area (Å²) in [5.41, 5.74) is 0.833. The van der Waals surface area contributed by atoms with Gasteiger partial charge in [-0.25, -0.2) is 0 Å². The molecule has 0 fully saturated rings. The molecular formula is C14H20Br2O3. The third-order valence-corrected chi connectivity index (χ3v) is 3.73. The van der Waals surface area contributed by atoms with E-state index in [1.165, 1.54) is 0 Å². The van der Waals surface area contributed by atoms with Crippen molar-refractivity contribution in [3.05, 3.63) is 26.6 Å². The highest BCUT2D eigenvalue weighted by molar-refractivity contribution is 9.11. The standard InChI is InChI=1S/C14H20Br2O3/c1-10(2)3-4-18-5-6-19-14-12(15)7-11(9-17)8-13(14)16/h7-8,10,17H,3-6,9H2,1-2H3. The summed E-state index contributed by atoms with van der Waals surface area (Å²) in [7, 11) is 0. The Morgan fingerprint density at radius 3 is 2.26 bits per heavy atom. The molecule has 0 saturated carbocycles. The average molecular weight is 396 g/mol. The van der Waals surface area contributed by atoms with Crippen LogP contribution < -0.4 is 4.74 Å². The Morgan fingerprint density at radius 2 is 1.74 bits per heavy atom. The van der Waals surface area contributed by atoms with Gasteiger partial charge in [0.05, 0.1) is 22.2 Å². The molecule has 3 nitrogen and oxygen atoms in total. The van der Waals surface area contributed by atoms with E-state index in [9.17, 15) is 0 Å². The summed E-state index contributed by atoms with van der Waals surface area (Å²) in [5.74, 6) is 1.40. The highest BCUT2D eigenvalue weighted by Crippen LogP contribution is 2.34.